The molecule has 144 valence electrons. The van der Waals surface area contributed by atoms with E-state index in [2.05, 4.69) is 20.9 Å². The number of nitrogens with one attached hydrogen (secondary N) is 4. The standard InChI is InChI=1S/C17H26N4O3S2/c1-13-5-7-14(8-6-13)10-12-26(23,24)18-11-9-15(22)20-21-16(25)19-17(2,3)4/h5-8,10,12,18H,9,11H2,1-4H3,(H,20,22)(H2,19,21,25)/b12-10+. The van der Waals surface area contributed by atoms with E-state index in [4.69, 9.17) is 12.2 Å². The van der Waals surface area contributed by atoms with Crippen LogP contribution in [0.25, 0.3) is 6.08 Å². The van der Waals surface area contributed by atoms with Gasteiger partial charge < -0.3 is 5.32 Å². The smallest absolute Gasteiger partial charge is 0.239 e. The first-order chi connectivity index (χ1) is 12.0. The van der Waals surface area contributed by atoms with Gasteiger partial charge in [-0.05, 0) is 51.6 Å². The molecule has 0 aromatic heterocycles. The number of amides is 1. The summed E-state index contributed by atoms with van der Waals surface area (Å²) in [7, 11) is -3.61. The Kier molecular flexibility index (Phi) is 8.19. The molecule has 4 N–H and O–H groups in total. The molecule has 0 radical (unpaired) electrons. The number of sulfonamides is 1. The van der Waals surface area contributed by atoms with Crippen molar-refractivity contribution in [1.82, 2.24) is 20.9 Å². The molecule has 1 aromatic rings. The van der Waals surface area contributed by atoms with Gasteiger partial charge in [-0.15, -0.1) is 0 Å². The van der Waals surface area contributed by atoms with Crippen molar-refractivity contribution >= 4 is 39.3 Å². The monoisotopic (exact) mass is 398 g/mol. The molecule has 0 spiro atoms. The number of aryl methyl sites for hydroxylation is 1. The van der Waals surface area contributed by atoms with Crippen molar-refractivity contribution in [2.24, 2.45) is 0 Å². The molecule has 1 rings (SSSR count). The molecule has 0 saturated carbocycles. The molecule has 0 aliphatic rings. The van der Waals surface area contributed by atoms with Gasteiger partial charge in [-0.2, -0.15) is 0 Å². The summed E-state index contributed by atoms with van der Waals surface area (Å²) in [5.74, 6) is -0.381. The minimum absolute atomic E-state index is 0.0203. The number of rotatable bonds is 6. The lowest BCUT2D eigenvalue weighted by atomic mass is 10.1. The highest BCUT2D eigenvalue weighted by atomic mass is 32.2. The molecule has 0 aliphatic heterocycles. The van der Waals surface area contributed by atoms with Crippen LogP contribution in [-0.2, 0) is 14.8 Å². The molecule has 9 heteroatoms. The maximum Gasteiger partial charge on any atom is 0.239 e. The van der Waals surface area contributed by atoms with Crippen molar-refractivity contribution in [1.29, 1.82) is 0 Å². The molecule has 0 saturated heterocycles. The number of thiocarbonyl (C=S) groups is 1. The van der Waals surface area contributed by atoms with Crippen LogP contribution in [0.5, 0.6) is 0 Å². The summed E-state index contributed by atoms with van der Waals surface area (Å²) >= 11 is 5.02. The van der Waals surface area contributed by atoms with Crippen LogP contribution < -0.4 is 20.9 Å². The van der Waals surface area contributed by atoms with E-state index in [1.165, 1.54) is 6.08 Å². The Balaban J connectivity index is 2.35. The zero-order chi connectivity index (χ0) is 19.8. The molecule has 26 heavy (non-hydrogen) atoms. The quantitative estimate of drug-likeness (QED) is 0.429. The second-order valence-electron chi connectivity index (χ2n) is 6.78. The van der Waals surface area contributed by atoms with Gasteiger partial charge in [0.15, 0.2) is 5.11 Å². The minimum Gasteiger partial charge on any atom is -0.357 e. The van der Waals surface area contributed by atoms with Crippen LogP contribution in [-0.4, -0.2) is 31.5 Å². The van der Waals surface area contributed by atoms with Gasteiger partial charge in [0.2, 0.25) is 15.9 Å². The Morgan fingerprint density at radius 1 is 1.15 bits per heavy atom. The van der Waals surface area contributed by atoms with Crippen molar-refractivity contribution in [3.63, 3.8) is 0 Å². The molecular weight excluding hydrogens is 372 g/mol. The molecule has 0 fully saturated rings. The average molecular weight is 399 g/mol. The first kappa shape index (κ1) is 22.1. The van der Waals surface area contributed by atoms with Crippen LogP contribution in [0, 0.1) is 6.92 Å². The molecule has 0 atom stereocenters. The fourth-order valence-electron chi connectivity index (χ4n) is 1.76. The Labute approximate surface area is 160 Å². The van der Waals surface area contributed by atoms with E-state index >= 15 is 0 Å². The third kappa shape index (κ3) is 10.1. The number of hydrogen-bond donors (Lipinski definition) is 4. The van der Waals surface area contributed by atoms with Gasteiger partial charge in [-0.3, -0.25) is 15.6 Å². The Morgan fingerprint density at radius 2 is 1.77 bits per heavy atom. The molecule has 7 nitrogen and oxygen atoms in total. The van der Waals surface area contributed by atoms with Gasteiger partial charge in [0.1, 0.15) is 0 Å². The highest BCUT2D eigenvalue weighted by molar-refractivity contribution is 7.92. The number of hydrogen-bond acceptors (Lipinski definition) is 4. The van der Waals surface area contributed by atoms with E-state index < -0.39 is 10.0 Å². The van der Waals surface area contributed by atoms with Crippen LogP contribution in [0.3, 0.4) is 0 Å². The van der Waals surface area contributed by atoms with E-state index in [1.807, 2.05) is 52.0 Å². The average Bonchev–Trinajstić information content (AvgIpc) is 2.51. The first-order valence-electron chi connectivity index (χ1n) is 8.08. The maximum atomic E-state index is 11.9. The van der Waals surface area contributed by atoms with E-state index in [0.717, 1.165) is 16.5 Å². The minimum atomic E-state index is -3.61. The molecule has 1 aromatic carbocycles. The molecule has 0 aliphatic carbocycles. The van der Waals surface area contributed by atoms with Crippen LogP contribution in [0.4, 0.5) is 0 Å². The van der Waals surface area contributed by atoms with E-state index in [1.54, 1.807) is 0 Å². The molecule has 0 heterocycles. The zero-order valence-corrected chi connectivity index (χ0v) is 17.1. The zero-order valence-electron chi connectivity index (χ0n) is 15.4. The highest BCUT2D eigenvalue weighted by Gasteiger charge is 2.11. The SMILES string of the molecule is Cc1ccc(/C=C/S(=O)(=O)NCCC(=O)NNC(=S)NC(C)(C)C)cc1. The van der Waals surface area contributed by atoms with Gasteiger partial charge in [0, 0.05) is 23.9 Å². The molecule has 0 unspecified atom stereocenters. The fraction of sp³-hybridized carbons (Fsp3) is 0.412. The normalized spacial score (nSPS) is 12.0. The highest BCUT2D eigenvalue weighted by Crippen LogP contribution is 2.06. The number of carbonyl (C=O) groups excluding carboxylic acids is 1. The molecule has 1 amide bonds. The van der Waals surface area contributed by atoms with E-state index in [9.17, 15) is 13.2 Å². The predicted octanol–water partition coefficient (Wildman–Crippen LogP) is 1.57. The van der Waals surface area contributed by atoms with Crippen molar-refractivity contribution in [3.8, 4) is 0 Å². The lowest BCUT2D eigenvalue weighted by Gasteiger charge is -2.23. The number of benzene rings is 1. The van der Waals surface area contributed by atoms with Gasteiger partial charge in [-0.25, -0.2) is 13.1 Å². The molecular formula is C17H26N4O3S2. The Hall–Kier alpha value is -1.97. The van der Waals surface area contributed by atoms with Crippen molar-refractivity contribution in [2.75, 3.05) is 6.54 Å². The summed E-state index contributed by atoms with van der Waals surface area (Å²) in [4.78, 5) is 11.7. The lowest BCUT2D eigenvalue weighted by Crippen LogP contribution is -2.52. The van der Waals surface area contributed by atoms with E-state index in [0.29, 0.717) is 0 Å². The second kappa shape index (κ2) is 9.65. The number of hydrazine groups is 1. The summed E-state index contributed by atoms with van der Waals surface area (Å²) in [6.45, 7) is 7.73. The number of carbonyl (C=O) groups is 1. The van der Waals surface area contributed by atoms with Crippen molar-refractivity contribution in [3.05, 3.63) is 40.8 Å². The van der Waals surface area contributed by atoms with Crippen molar-refractivity contribution < 1.29 is 13.2 Å². The maximum absolute atomic E-state index is 11.9. The van der Waals surface area contributed by atoms with Crippen LogP contribution in [0.1, 0.15) is 38.3 Å². The van der Waals surface area contributed by atoms with Crippen molar-refractivity contribution in [2.45, 2.75) is 39.7 Å². The van der Waals surface area contributed by atoms with Crippen LogP contribution in [0.2, 0.25) is 0 Å². The van der Waals surface area contributed by atoms with Gasteiger partial charge in [0.25, 0.3) is 0 Å². The van der Waals surface area contributed by atoms with Gasteiger partial charge >= 0.3 is 0 Å². The Morgan fingerprint density at radius 3 is 2.35 bits per heavy atom. The summed E-state index contributed by atoms with van der Waals surface area (Å²) in [6, 6.07) is 7.45. The topological polar surface area (TPSA) is 99.3 Å². The van der Waals surface area contributed by atoms with Gasteiger partial charge in [0.05, 0.1) is 0 Å². The summed E-state index contributed by atoms with van der Waals surface area (Å²) in [5, 5.41) is 4.34. The van der Waals surface area contributed by atoms with Gasteiger partial charge in [-0.1, -0.05) is 29.8 Å². The summed E-state index contributed by atoms with van der Waals surface area (Å²) in [5.41, 5.74) is 6.63. The predicted molar refractivity (Wildman–Crippen MR) is 109 cm³/mol. The summed E-state index contributed by atoms with van der Waals surface area (Å²) < 4.78 is 26.1. The Bertz CT molecular complexity index is 751. The van der Waals surface area contributed by atoms with Crippen LogP contribution in [0.15, 0.2) is 29.7 Å². The summed E-state index contributed by atoms with van der Waals surface area (Å²) in [6.07, 6.45) is 1.47. The first-order valence-corrected chi connectivity index (χ1v) is 10.0. The largest absolute Gasteiger partial charge is 0.357 e. The fourth-order valence-corrected chi connectivity index (χ4v) is 2.94. The third-order valence-corrected chi connectivity index (χ3v) is 4.28. The van der Waals surface area contributed by atoms with Crippen LogP contribution >= 0.6 is 12.2 Å². The lowest BCUT2D eigenvalue weighted by molar-refractivity contribution is -0.121. The molecule has 0 bridgehead atoms. The van der Waals surface area contributed by atoms with E-state index in [-0.39, 0.29) is 29.5 Å². The third-order valence-electron chi connectivity index (χ3n) is 2.98. The second-order valence-corrected chi connectivity index (χ2v) is 8.84.